The van der Waals surface area contributed by atoms with Gasteiger partial charge in [0.25, 0.3) is 0 Å². The Bertz CT molecular complexity index is 1170. The summed E-state index contributed by atoms with van der Waals surface area (Å²) < 4.78 is 4.21. The molecule has 150 valence electrons. The average Bonchev–Trinajstić information content (AvgIpc) is 3.22. The topological polar surface area (TPSA) is 51.9 Å². The summed E-state index contributed by atoms with van der Waals surface area (Å²) >= 11 is 0. The first-order chi connectivity index (χ1) is 14.0. The Morgan fingerprint density at radius 3 is 2.45 bits per heavy atom. The van der Waals surface area contributed by atoms with Crippen molar-refractivity contribution in [2.45, 2.75) is 32.7 Å². The monoisotopic (exact) mass is 388 g/mol. The summed E-state index contributed by atoms with van der Waals surface area (Å²) in [5.41, 5.74) is 4.45. The van der Waals surface area contributed by atoms with E-state index in [4.69, 9.17) is 4.98 Å². The first-order valence-electron chi connectivity index (χ1n) is 10.2. The van der Waals surface area contributed by atoms with E-state index in [1.165, 1.54) is 16.5 Å². The average molecular weight is 389 g/mol. The first-order valence-corrected chi connectivity index (χ1v) is 10.2. The van der Waals surface area contributed by atoms with Crippen molar-refractivity contribution >= 4 is 27.8 Å². The number of carbonyl (C=O) groups excluding carboxylic acids is 1. The molecule has 4 rings (SSSR count). The molecule has 0 saturated carbocycles. The van der Waals surface area contributed by atoms with Crippen molar-refractivity contribution in [2.75, 3.05) is 0 Å². The van der Waals surface area contributed by atoms with Crippen LogP contribution >= 0.6 is 0 Å². The lowest BCUT2D eigenvalue weighted by Gasteiger charge is -2.22. The minimum atomic E-state index is -0.118. The van der Waals surface area contributed by atoms with E-state index < -0.39 is 0 Å². The van der Waals surface area contributed by atoms with Gasteiger partial charge in [0.1, 0.15) is 5.82 Å². The first kappa shape index (κ1) is 19.2. The lowest BCUT2D eigenvalue weighted by atomic mass is 10.0. The number of aromatic nitrogens is 3. The predicted molar refractivity (Wildman–Crippen MR) is 118 cm³/mol. The van der Waals surface area contributed by atoms with Crippen LogP contribution in [0.15, 0.2) is 54.7 Å². The molecule has 0 radical (unpaired) electrons. The molecule has 5 nitrogen and oxygen atoms in total. The summed E-state index contributed by atoms with van der Waals surface area (Å²) in [6, 6.07) is 16.3. The Morgan fingerprint density at radius 1 is 1.03 bits per heavy atom. The van der Waals surface area contributed by atoms with E-state index in [0.717, 1.165) is 23.3 Å². The molecule has 0 aliphatic rings. The molecule has 1 amide bonds. The molecule has 2 heterocycles. The SMILES string of the molecule is CC(C)C(NC(=O)CCc1cn(C)c2ccccc12)c1nc2ccccc2n1C. The number of fused-ring (bicyclic) bond motifs is 2. The number of rotatable bonds is 6. The van der Waals surface area contributed by atoms with Crippen LogP contribution in [0.25, 0.3) is 21.9 Å². The minimum absolute atomic E-state index is 0.0590. The maximum absolute atomic E-state index is 12.8. The van der Waals surface area contributed by atoms with Gasteiger partial charge in [-0.3, -0.25) is 4.79 Å². The van der Waals surface area contributed by atoms with Crippen molar-refractivity contribution in [1.82, 2.24) is 19.4 Å². The number of hydrogen-bond acceptors (Lipinski definition) is 2. The van der Waals surface area contributed by atoms with E-state index in [1.807, 2.05) is 44.4 Å². The van der Waals surface area contributed by atoms with Crippen LogP contribution in [-0.2, 0) is 25.3 Å². The van der Waals surface area contributed by atoms with E-state index in [1.54, 1.807) is 0 Å². The molecule has 0 fully saturated rings. The lowest BCUT2D eigenvalue weighted by Crippen LogP contribution is -2.33. The summed E-state index contributed by atoms with van der Waals surface area (Å²) in [6.07, 6.45) is 3.31. The maximum atomic E-state index is 12.8. The van der Waals surface area contributed by atoms with Crippen LogP contribution in [0.2, 0.25) is 0 Å². The Labute approximate surface area is 171 Å². The molecule has 0 spiro atoms. The Kier molecular flexibility index (Phi) is 5.14. The van der Waals surface area contributed by atoms with Gasteiger partial charge >= 0.3 is 0 Å². The molecule has 29 heavy (non-hydrogen) atoms. The van der Waals surface area contributed by atoms with E-state index >= 15 is 0 Å². The van der Waals surface area contributed by atoms with Crippen LogP contribution in [0.1, 0.15) is 37.7 Å². The summed E-state index contributed by atoms with van der Waals surface area (Å²) in [5.74, 6) is 1.20. The highest BCUT2D eigenvalue weighted by Gasteiger charge is 2.24. The van der Waals surface area contributed by atoms with Gasteiger partial charge in [0.15, 0.2) is 0 Å². The Balaban J connectivity index is 1.51. The zero-order valence-corrected chi connectivity index (χ0v) is 17.5. The smallest absolute Gasteiger partial charge is 0.220 e. The fourth-order valence-corrected chi connectivity index (χ4v) is 4.09. The number of carbonyl (C=O) groups is 1. The maximum Gasteiger partial charge on any atom is 0.220 e. The molecule has 0 saturated heterocycles. The van der Waals surface area contributed by atoms with E-state index in [-0.39, 0.29) is 17.9 Å². The standard InChI is InChI=1S/C24H28N4O/c1-16(2)23(24-25-19-10-6-8-12-21(19)28(24)4)26-22(29)14-13-17-15-27(3)20-11-7-5-9-18(17)20/h5-12,15-16,23H,13-14H2,1-4H3,(H,26,29). The largest absolute Gasteiger partial charge is 0.350 e. The molecule has 2 aromatic carbocycles. The number of aryl methyl sites for hydroxylation is 3. The molecule has 0 aliphatic carbocycles. The van der Waals surface area contributed by atoms with Crippen LogP contribution in [0, 0.1) is 5.92 Å². The number of imidazole rings is 1. The van der Waals surface area contributed by atoms with Crippen LogP contribution < -0.4 is 5.32 Å². The van der Waals surface area contributed by atoms with Crippen LogP contribution in [0.5, 0.6) is 0 Å². The van der Waals surface area contributed by atoms with Gasteiger partial charge in [-0.25, -0.2) is 4.98 Å². The fraction of sp³-hybridized carbons (Fsp3) is 0.333. The molecule has 1 unspecified atom stereocenters. The number of nitrogens with one attached hydrogen (secondary N) is 1. The molecular weight excluding hydrogens is 360 g/mol. The van der Waals surface area contributed by atoms with Gasteiger partial charge in [-0.05, 0) is 36.1 Å². The normalized spacial score (nSPS) is 12.7. The quantitative estimate of drug-likeness (QED) is 0.528. The third-order valence-corrected chi connectivity index (χ3v) is 5.68. The summed E-state index contributed by atoms with van der Waals surface area (Å²) in [4.78, 5) is 17.6. The van der Waals surface area contributed by atoms with Crippen molar-refractivity contribution in [3.8, 4) is 0 Å². The van der Waals surface area contributed by atoms with Crippen molar-refractivity contribution in [1.29, 1.82) is 0 Å². The number of hydrogen-bond donors (Lipinski definition) is 1. The Hall–Kier alpha value is -3.08. The van der Waals surface area contributed by atoms with E-state index in [0.29, 0.717) is 6.42 Å². The Morgan fingerprint density at radius 2 is 1.72 bits per heavy atom. The number of para-hydroxylation sites is 3. The molecule has 0 aliphatic heterocycles. The molecule has 1 N–H and O–H groups in total. The second kappa shape index (κ2) is 7.74. The lowest BCUT2D eigenvalue weighted by molar-refractivity contribution is -0.122. The van der Waals surface area contributed by atoms with Crippen LogP contribution in [0.4, 0.5) is 0 Å². The number of benzene rings is 2. The van der Waals surface area contributed by atoms with Crippen molar-refractivity contribution in [3.05, 3.63) is 66.1 Å². The minimum Gasteiger partial charge on any atom is -0.350 e. The molecular formula is C24H28N4O. The molecule has 5 heteroatoms. The van der Waals surface area contributed by atoms with Crippen molar-refractivity contribution in [3.63, 3.8) is 0 Å². The van der Waals surface area contributed by atoms with Crippen molar-refractivity contribution in [2.24, 2.45) is 20.0 Å². The summed E-state index contributed by atoms with van der Waals surface area (Å²) in [6.45, 7) is 4.24. The summed E-state index contributed by atoms with van der Waals surface area (Å²) in [5, 5.41) is 4.45. The van der Waals surface area contributed by atoms with Crippen LogP contribution in [-0.4, -0.2) is 20.0 Å². The fourth-order valence-electron chi connectivity index (χ4n) is 4.09. The third-order valence-electron chi connectivity index (χ3n) is 5.68. The highest BCUT2D eigenvalue weighted by atomic mass is 16.1. The van der Waals surface area contributed by atoms with E-state index in [9.17, 15) is 4.79 Å². The van der Waals surface area contributed by atoms with Crippen LogP contribution in [0.3, 0.4) is 0 Å². The van der Waals surface area contributed by atoms with Gasteiger partial charge in [-0.15, -0.1) is 0 Å². The number of nitrogens with zero attached hydrogens (tertiary/aromatic N) is 3. The van der Waals surface area contributed by atoms with Gasteiger partial charge < -0.3 is 14.5 Å². The molecule has 2 aromatic heterocycles. The van der Waals surface area contributed by atoms with Gasteiger partial charge in [-0.1, -0.05) is 44.2 Å². The summed E-state index contributed by atoms with van der Waals surface area (Å²) in [7, 11) is 4.06. The van der Waals surface area contributed by atoms with Gasteiger partial charge in [0.2, 0.25) is 5.91 Å². The zero-order valence-electron chi connectivity index (χ0n) is 17.5. The second-order valence-corrected chi connectivity index (χ2v) is 8.09. The van der Waals surface area contributed by atoms with Gasteiger partial charge in [0.05, 0.1) is 17.1 Å². The van der Waals surface area contributed by atoms with Gasteiger partial charge in [-0.2, -0.15) is 0 Å². The van der Waals surface area contributed by atoms with Crippen molar-refractivity contribution < 1.29 is 4.79 Å². The zero-order chi connectivity index (χ0) is 20.5. The highest BCUT2D eigenvalue weighted by molar-refractivity contribution is 5.85. The van der Waals surface area contributed by atoms with Gasteiger partial charge in [0, 0.05) is 37.6 Å². The molecule has 4 aromatic rings. The highest BCUT2D eigenvalue weighted by Crippen LogP contribution is 2.25. The molecule has 0 bridgehead atoms. The third kappa shape index (κ3) is 3.65. The number of amides is 1. The molecule has 1 atom stereocenters. The predicted octanol–water partition coefficient (Wildman–Crippen LogP) is 4.51. The van der Waals surface area contributed by atoms with E-state index in [2.05, 4.69) is 52.7 Å². The second-order valence-electron chi connectivity index (χ2n) is 8.09.